The lowest BCUT2D eigenvalue weighted by molar-refractivity contribution is 0.223. The minimum atomic E-state index is -0.425. The number of nitrogens with zero attached hydrogens (tertiary/aromatic N) is 3. The van der Waals surface area contributed by atoms with Gasteiger partial charge in [-0.2, -0.15) is 5.10 Å². The van der Waals surface area contributed by atoms with Crippen molar-refractivity contribution in [2.24, 2.45) is 5.73 Å². The molecule has 0 unspecified atom stereocenters. The molecule has 1 aromatic heterocycles. The fraction of sp³-hybridized carbons (Fsp3) is 0.400. The topological polar surface area (TPSA) is 76.2 Å². The SMILES string of the molecule is NC(=O)N1C=Cc2nn3c(c2C1)CNCC3. The summed E-state index contributed by atoms with van der Waals surface area (Å²) in [6.07, 6.45) is 3.53. The third-order valence-corrected chi connectivity index (χ3v) is 3.01. The first-order valence-electron chi connectivity index (χ1n) is 5.29. The second kappa shape index (κ2) is 3.34. The zero-order valence-electron chi connectivity index (χ0n) is 8.81. The molecule has 0 bridgehead atoms. The van der Waals surface area contributed by atoms with E-state index in [1.54, 1.807) is 6.20 Å². The van der Waals surface area contributed by atoms with Crippen molar-refractivity contribution in [1.29, 1.82) is 0 Å². The van der Waals surface area contributed by atoms with Crippen LogP contribution in [0.3, 0.4) is 0 Å². The minimum absolute atomic E-state index is 0.425. The Bertz CT molecular complexity index is 476. The number of fused-ring (bicyclic) bond motifs is 3. The Hall–Kier alpha value is -1.82. The lowest BCUT2D eigenvalue weighted by atomic mass is 10.1. The van der Waals surface area contributed by atoms with Gasteiger partial charge in [-0.25, -0.2) is 4.79 Å². The number of nitrogens with two attached hydrogens (primary N) is 1. The number of aromatic nitrogens is 2. The van der Waals surface area contributed by atoms with Gasteiger partial charge in [-0.15, -0.1) is 0 Å². The predicted molar refractivity (Wildman–Crippen MR) is 58.1 cm³/mol. The van der Waals surface area contributed by atoms with Gasteiger partial charge >= 0.3 is 6.03 Å². The number of urea groups is 1. The Morgan fingerprint density at radius 1 is 1.56 bits per heavy atom. The van der Waals surface area contributed by atoms with Crippen molar-refractivity contribution >= 4 is 12.1 Å². The molecule has 0 aromatic carbocycles. The number of rotatable bonds is 0. The van der Waals surface area contributed by atoms with Crippen LogP contribution in [-0.4, -0.2) is 27.3 Å². The second-order valence-electron chi connectivity index (χ2n) is 3.99. The van der Waals surface area contributed by atoms with Crippen LogP contribution >= 0.6 is 0 Å². The maximum atomic E-state index is 11.1. The van der Waals surface area contributed by atoms with Crippen molar-refractivity contribution < 1.29 is 4.79 Å². The van der Waals surface area contributed by atoms with Crippen molar-refractivity contribution in [2.45, 2.75) is 19.6 Å². The smallest absolute Gasteiger partial charge is 0.319 e. The molecule has 3 N–H and O–H groups in total. The standard InChI is InChI=1S/C10H13N5O/c11-10(16)14-3-1-8-7(6-14)9-5-12-2-4-15(9)13-8/h1,3,12H,2,4-6H2,(H2,11,16). The number of nitrogens with one attached hydrogen (secondary N) is 1. The van der Waals surface area contributed by atoms with Gasteiger partial charge in [-0.05, 0) is 6.08 Å². The molecular weight excluding hydrogens is 206 g/mol. The molecule has 16 heavy (non-hydrogen) atoms. The number of hydrogen-bond donors (Lipinski definition) is 2. The molecule has 0 atom stereocenters. The quantitative estimate of drug-likeness (QED) is 0.637. The zero-order valence-corrected chi connectivity index (χ0v) is 8.81. The molecule has 84 valence electrons. The van der Waals surface area contributed by atoms with Crippen LogP contribution in [0.25, 0.3) is 6.08 Å². The summed E-state index contributed by atoms with van der Waals surface area (Å²) in [7, 11) is 0. The average Bonchev–Trinajstić information content (AvgIpc) is 2.66. The van der Waals surface area contributed by atoms with Crippen molar-refractivity contribution in [1.82, 2.24) is 20.0 Å². The van der Waals surface area contributed by atoms with E-state index >= 15 is 0 Å². The normalized spacial score (nSPS) is 18.1. The number of amides is 2. The largest absolute Gasteiger partial charge is 0.351 e. The lowest BCUT2D eigenvalue weighted by Crippen LogP contribution is -2.33. The number of hydrogen-bond acceptors (Lipinski definition) is 3. The van der Waals surface area contributed by atoms with E-state index in [1.165, 1.54) is 4.90 Å². The third kappa shape index (κ3) is 1.30. The number of carbonyl (C=O) groups is 1. The molecule has 1 aromatic rings. The number of carbonyl (C=O) groups excluding carboxylic acids is 1. The summed E-state index contributed by atoms with van der Waals surface area (Å²) in [4.78, 5) is 12.6. The molecule has 3 rings (SSSR count). The molecule has 3 heterocycles. The van der Waals surface area contributed by atoms with Crippen LogP contribution in [-0.2, 0) is 19.6 Å². The highest BCUT2D eigenvalue weighted by Gasteiger charge is 2.23. The summed E-state index contributed by atoms with van der Waals surface area (Å²) in [5.74, 6) is 0. The molecule has 6 nitrogen and oxygen atoms in total. The van der Waals surface area contributed by atoms with E-state index in [0.717, 1.165) is 36.6 Å². The van der Waals surface area contributed by atoms with Gasteiger partial charge in [0.1, 0.15) is 0 Å². The maximum Gasteiger partial charge on any atom is 0.319 e. The summed E-state index contributed by atoms with van der Waals surface area (Å²) in [5.41, 5.74) is 8.49. The first kappa shape index (κ1) is 9.41. The summed E-state index contributed by atoms with van der Waals surface area (Å²) < 4.78 is 2.01. The molecule has 0 aliphatic carbocycles. The molecule has 0 saturated heterocycles. The van der Waals surface area contributed by atoms with Crippen LogP contribution in [0.15, 0.2) is 6.20 Å². The molecule has 2 aliphatic heterocycles. The highest BCUT2D eigenvalue weighted by atomic mass is 16.2. The van der Waals surface area contributed by atoms with Crippen molar-refractivity contribution in [2.75, 3.05) is 6.54 Å². The Morgan fingerprint density at radius 3 is 3.25 bits per heavy atom. The Kier molecular flexibility index (Phi) is 1.97. The van der Waals surface area contributed by atoms with Crippen molar-refractivity contribution in [3.05, 3.63) is 23.2 Å². The maximum absolute atomic E-state index is 11.1. The highest BCUT2D eigenvalue weighted by Crippen LogP contribution is 2.23. The highest BCUT2D eigenvalue weighted by molar-refractivity contribution is 5.75. The van der Waals surface area contributed by atoms with Crippen LogP contribution in [0.5, 0.6) is 0 Å². The molecule has 0 saturated carbocycles. The van der Waals surface area contributed by atoms with Crippen molar-refractivity contribution in [3.63, 3.8) is 0 Å². The molecule has 2 aliphatic rings. The zero-order chi connectivity index (χ0) is 11.1. The van der Waals surface area contributed by atoms with E-state index in [0.29, 0.717) is 6.54 Å². The van der Waals surface area contributed by atoms with Gasteiger partial charge in [-0.3, -0.25) is 9.58 Å². The van der Waals surface area contributed by atoms with E-state index in [1.807, 2.05) is 10.8 Å². The second-order valence-corrected chi connectivity index (χ2v) is 3.99. The molecule has 6 heteroatoms. The van der Waals surface area contributed by atoms with Gasteiger partial charge in [0.15, 0.2) is 0 Å². The molecule has 0 radical (unpaired) electrons. The van der Waals surface area contributed by atoms with E-state index in [2.05, 4.69) is 10.4 Å². The van der Waals surface area contributed by atoms with Crippen LogP contribution in [0.4, 0.5) is 4.79 Å². The van der Waals surface area contributed by atoms with Crippen LogP contribution in [0, 0.1) is 0 Å². The van der Waals surface area contributed by atoms with Gasteiger partial charge in [0, 0.05) is 24.9 Å². The first-order chi connectivity index (χ1) is 7.75. The Balaban J connectivity index is 2.01. The minimum Gasteiger partial charge on any atom is -0.351 e. The lowest BCUT2D eigenvalue weighted by Gasteiger charge is -2.21. The first-order valence-corrected chi connectivity index (χ1v) is 5.29. The van der Waals surface area contributed by atoms with Gasteiger partial charge in [0.2, 0.25) is 0 Å². The van der Waals surface area contributed by atoms with Gasteiger partial charge in [0.25, 0.3) is 0 Å². The van der Waals surface area contributed by atoms with Crippen molar-refractivity contribution in [3.8, 4) is 0 Å². The molecular formula is C10H13N5O. The van der Waals surface area contributed by atoms with E-state index in [4.69, 9.17) is 5.73 Å². The number of primary amides is 1. The van der Waals surface area contributed by atoms with Gasteiger partial charge < -0.3 is 11.1 Å². The molecule has 2 amide bonds. The monoisotopic (exact) mass is 219 g/mol. The van der Waals surface area contributed by atoms with Gasteiger partial charge in [-0.1, -0.05) is 0 Å². The predicted octanol–water partition coefficient (Wildman–Crippen LogP) is -0.149. The summed E-state index contributed by atoms with van der Waals surface area (Å²) in [5, 5.41) is 7.80. The fourth-order valence-corrected chi connectivity index (χ4v) is 2.17. The van der Waals surface area contributed by atoms with E-state index in [9.17, 15) is 4.79 Å². The van der Waals surface area contributed by atoms with Crippen LogP contribution < -0.4 is 11.1 Å². The third-order valence-electron chi connectivity index (χ3n) is 3.01. The average molecular weight is 219 g/mol. The fourth-order valence-electron chi connectivity index (χ4n) is 2.17. The van der Waals surface area contributed by atoms with Crippen LogP contribution in [0.1, 0.15) is 17.0 Å². The Morgan fingerprint density at radius 2 is 2.44 bits per heavy atom. The van der Waals surface area contributed by atoms with Gasteiger partial charge in [0.05, 0.1) is 24.5 Å². The summed E-state index contributed by atoms with van der Waals surface area (Å²) in [6.45, 7) is 3.16. The van der Waals surface area contributed by atoms with E-state index in [-0.39, 0.29) is 0 Å². The summed E-state index contributed by atoms with van der Waals surface area (Å²) in [6, 6.07) is -0.425. The van der Waals surface area contributed by atoms with Crippen LogP contribution in [0.2, 0.25) is 0 Å². The Labute approximate surface area is 92.7 Å². The molecule has 0 spiro atoms. The summed E-state index contributed by atoms with van der Waals surface area (Å²) >= 11 is 0. The van der Waals surface area contributed by atoms with E-state index < -0.39 is 6.03 Å². The molecule has 0 fully saturated rings.